The van der Waals surface area contributed by atoms with Crippen LogP contribution >= 0.6 is 11.6 Å². The minimum absolute atomic E-state index is 0.0467. The predicted molar refractivity (Wildman–Crippen MR) is 59.1 cm³/mol. The second kappa shape index (κ2) is 6.39. The summed E-state index contributed by atoms with van der Waals surface area (Å²) >= 11 is 5.51. The highest BCUT2D eigenvalue weighted by Gasteiger charge is 2.12. The van der Waals surface area contributed by atoms with Crippen molar-refractivity contribution in [2.75, 3.05) is 5.88 Å². The number of carboxylic acid groups (broad SMARTS) is 1. The Morgan fingerprint density at radius 3 is 2.71 bits per heavy atom. The number of benzene rings is 1. The molecule has 1 N–H and O–H groups in total. The highest BCUT2D eigenvalue weighted by Crippen LogP contribution is 2.21. The van der Waals surface area contributed by atoms with Crippen LogP contribution < -0.4 is 4.74 Å². The van der Waals surface area contributed by atoms with Gasteiger partial charge in [0.05, 0.1) is 5.56 Å². The molecule has 0 atom stereocenters. The van der Waals surface area contributed by atoms with E-state index >= 15 is 0 Å². The fourth-order valence-corrected chi connectivity index (χ4v) is 1.55. The van der Waals surface area contributed by atoms with E-state index in [1.807, 2.05) is 0 Å². The van der Waals surface area contributed by atoms with Crippen LogP contribution in [-0.4, -0.2) is 23.6 Å². The van der Waals surface area contributed by atoms with E-state index in [-0.39, 0.29) is 11.3 Å². The maximum Gasteiger partial charge on any atom is 0.387 e. The van der Waals surface area contributed by atoms with Gasteiger partial charge in [-0.05, 0) is 36.6 Å². The van der Waals surface area contributed by atoms with E-state index in [2.05, 4.69) is 4.74 Å². The number of hydrogen-bond acceptors (Lipinski definition) is 2. The first kappa shape index (κ1) is 13.7. The Hall–Kier alpha value is -1.36. The Morgan fingerprint density at radius 2 is 2.18 bits per heavy atom. The molecule has 6 heteroatoms. The molecule has 0 amide bonds. The average Bonchev–Trinajstić information content (AvgIpc) is 2.25. The third kappa shape index (κ3) is 4.19. The first-order chi connectivity index (χ1) is 8.04. The van der Waals surface area contributed by atoms with Crippen LogP contribution in [0.25, 0.3) is 0 Å². The topological polar surface area (TPSA) is 46.5 Å². The number of aromatic carboxylic acids is 1. The van der Waals surface area contributed by atoms with Gasteiger partial charge in [0.2, 0.25) is 0 Å². The van der Waals surface area contributed by atoms with Gasteiger partial charge in [0.15, 0.2) is 0 Å². The van der Waals surface area contributed by atoms with E-state index in [9.17, 15) is 13.6 Å². The molecule has 0 bridgehead atoms. The number of carboxylic acids is 1. The minimum Gasteiger partial charge on any atom is -0.478 e. The van der Waals surface area contributed by atoms with Crippen LogP contribution in [0.15, 0.2) is 18.2 Å². The predicted octanol–water partition coefficient (Wildman–Crippen LogP) is 3.16. The largest absolute Gasteiger partial charge is 0.478 e. The second-order valence-corrected chi connectivity index (χ2v) is 3.67. The number of halogens is 3. The van der Waals surface area contributed by atoms with Crippen molar-refractivity contribution in [1.82, 2.24) is 0 Å². The normalized spacial score (nSPS) is 10.6. The van der Waals surface area contributed by atoms with Crippen molar-refractivity contribution in [3.63, 3.8) is 0 Å². The molecule has 0 saturated carbocycles. The molecule has 17 heavy (non-hydrogen) atoms. The standard InChI is InChI=1S/C11H11ClF2O3/c12-5-1-2-7-6-8(17-11(13)14)3-4-9(7)10(15)16/h3-4,6,11H,1-2,5H2,(H,15,16). The summed E-state index contributed by atoms with van der Waals surface area (Å²) < 4.78 is 28.2. The summed E-state index contributed by atoms with van der Waals surface area (Å²) in [5.74, 6) is -0.772. The van der Waals surface area contributed by atoms with Crippen molar-refractivity contribution >= 4 is 17.6 Å². The molecule has 0 aromatic heterocycles. The zero-order valence-corrected chi connectivity index (χ0v) is 9.58. The van der Waals surface area contributed by atoms with Crippen LogP contribution in [-0.2, 0) is 6.42 Å². The summed E-state index contributed by atoms with van der Waals surface area (Å²) in [6.45, 7) is -2.92. The molecule has 1 aromatic carbocycles. The van der Waals surface area contributed by atoms with Crippen molar-refractivity contribution in [3.05, 3.63) is 29.3 Å². The van der Waals surface area contributed by atoms with E-state index < -0.39 is 12.6 Å². The van der Waals surface area contributed by atoms with Crippen molar-refractivity contribution in [2.45, 2.75) is 19.5 Å². The van der Waals surface area contributed by atoms with Crippen LogP contribution in [0, 0.1) is 0 Å². The minimum atomic E-state index is -2.92. The molecule has 1 rings (SSSR count). The maximum absolute atomic E-state index is 12.0. The van der Waals surface area contributed by atoms with Crippen molar-refractivity contribution < 1.29 is 23.4 Å². The molecule has 1 aromatic rings. The lowest BCUT2D eigenvalue weighted by Crippen LogP contribution is -2.06. The molecular formula is C11H11ClF2O3. The molecule has 0 saturated heterocycles. The third-order valence-corrected chi connectivity index (χ3v) is 2.38. The number of ether oxygens (including phenoxy) is 1. The van der Waals surface area contributed by atoms with Crippen molar-refractivity contribution in [3.8, 4) is 5.75 Å². The van der Waals surface area contributed by atoms with E-state index in [4.69, 9.17) is 16.7 Å². The molecule has 0 unspecified atom stereocenters. The van der Waals surface area contributed by atoms with Crippen LogP contribution in [0.5, 0.6) is 5.75 Å². The van der Waals surface area contributed by atoms with Gasteiger partial charge in [-0.1, -0.05) is 0 Å². The molecule has 0 aliphatic carbocycles. The maximum atomic E-state index is 12.0. The van der Waals surface area contributed by atoms with Crippen LogP contribution in [0.1, 0.15) is 22.3 Å². The van der Waals surface area contributed by atoms with Gasteiger partial charge in [0.1, 0.15) is 5.75 Å². The number of aryl methyl sites for hydroxylation is 1. The average molecular weight is 265 g/mol. The lowest BCUT2D eigenvalue weighted by Gasteiger charge is -2.09. The quantitative estimate of drug-likeness (QED) is 0.803. The molecule has 94 valence electrons. The summed E-state index contributed by atoms with van der Waals surface area (Å²) in [5, 5.41) is 8.92. The smallest absolute Gasteiger partial charge is 0.387 e. The first-order valence-electron chi connectivity index (χ1n) is 4.91. The molecule has 0 fully saturated rings. The van der Waals surface area contributed by atoms with Gasteiger partial charge >= 0.3 is 12.6 Å². The Bertz CT molecular complexity index is 396. The van der Waals surface area contributed by atoms with Gasteiger partial charge in [-0.25, -0.2) is 4.79 Å². The van der Waals surface area contributed by atoms with E-state index in [0.717, 1.165) is 0 Å². The molecule has 3 nitrogen and oxygen atoms in total. The van der Waals surface area contributed by atoms with E-state index in [0.29, 0.717) is 24.3 Å². The van der Waals surface area contributed by atoms with Gasteiger partial charge in [-0.15, -0.1) is 11.6 Å². The Balaban J connectivity index is 2.96. The highest BCUT2D eigenvalue weighted by molar-refractivity contribution is 6.17. The van der Waals surface area contributed by atoms with Gasteiger partial charge in [-0.3, -0.25) is 0 Å². The van der Waals surface area contributed by atoms with Crippen LogP contribution in [0.3, 0.4) is 0 Å². The Labute approximate surface area is 102 Å². The monoisotopic (exact) mass is 264 g/mol. The molecule has 0 spiro atoms. The zero-order chi connectivity index (χ0) is 12.8. The van der Waals surface area contributed by atoms with E-state index in [1.165, 1.54) is 18.2 Å². The van der Waals surface area contributed by atoms with Crippen molar-refractivity contribution in [2.24, 2.45) is 0 Å². The lowest BCUT2D eigenvalue weighted by atomic mass is 10.0. The van der Waals surface area contributed by atoms with Gasteiger partial charge in [-0.2, -0.15) is 8.78 Å². The molecular weight excluding hydrogens is 254 g/mol. The first-order valence-corrected chi connectivity index (χ1v) is 5.45. The lowest BCUT2D eigenvalue weighted by molar-refractivity contribution is -0.0498. The van der Waals surface area contributed by atoms with Gasteiger partial charge in [0, 0.05) is 5.88 Å². The Morgan fingerprint density at radius 1 is 1.47 bits per heavy atom. The highest BCUT2D eigenvalue weighted by atomic mass is 35.5. The Kier molecular flexibility index (Phi) is 5.15. The second-order valence-electron chi connectivity index (χ2n) is 3.30. The fourth-order valence-electron chi connectivity index (χ4n) is 1.42. The zero-order valence-electron chi connectivity index (χ0n) is 8.83. The summed E-state index contributed by atoms with van der Waals surface area (Å²) in [7, 11) is 0. The number of rotatable bonds is 6. The van der Waals surface area contributed by atoms with Gasteiger partial charge in [0.25, 0.3) is 0 Å². The van der Waals surface area contributed by atoms with Gasteiger partial charge < -0.3 is 9.84 Å². The number of hydrogen-bond donors (Lipinski definition) is 1. The van der Waals surface area contributed by atoms with E-state index in [1.54, 1.807) is 0 Å². The van der Waals surface area contributed by atoms with Crippen LogP contribution in [0.2, 0.25) is 0 Å². The molecule has 0 aliphatic heterocycles. The number of carbonyl (C=O) groups is 1. The summed E-state index contributed by atoms with van der Waals surface area (Å²) in [4.78, 5) is 10.9. The van der Waals surface area contributed by atoms with Crippen LogP contribution in [0.4, 0.5) is 8.78 Å². The SMILES string of the molecule is O=C(O)c1ccc(OC(F)F)cc1CCCCl. The molecule has 0 heterocycles. The van der Waals surface area contributed by atoms with Crippen molar-refractivity contribution in [1.29, 1.82) is 0 Å². The summed E-state index contributed by atoms with van der Waals surface area (Å²) in [6.07, 6.45) is 0.978. The molecule has 0 radical (unpaired) electrons. The summed E-state index contributed by atoms with van der Waals surface area (Å²) in [5.41, 5.74) is 0.521. The summed E-state index contributed by atoms with van der Waals surface area (Å²) in [6, 6.07) is 3.77. The fraction of sp³-hybridized carbons (Fsp3) is 0.364. The number of alkyl halides is 3. The third-order valence-electron chi connectivity index (χ3n) is 2.11. The molecule has 0 aliphatic rings.